The Balaban J connectivity index is 1.21. The van der Waals surface area contributed by atoms with Crippen molar-refractivity contribution in [2.45, 2.75) is 32.7 Å². The van der Waals surface area contributed by atoms with Crippen LogP contribution in [-0.4, -0.2) is 35.6 Å². The first kappa shape index (κ1) is 18.7. The van der Waals surface area contributed by atoms with Crippen LogP contribution in [0.1, 0.15) is 29.7 Å². The van der Waals surface area contributed by atoms with Crippen LogP contribution in [0.5, 0.6) is 0 Å². The first-order chi connectivity index (χ1) is 13.7. The molecule has 1 N–H and O–H groups in total. The third-order valence-electron chi connectivity index (χ3n) is 5.56. The third-order valence-corrected chi connectivity index (χ3v) is 5.56. The number of aromatic nitrogens is 1. The minimum atomic E-state index is 0.0150. The van der Waals surface area contributed by atoms with E-state index in [1.54, 1.807) is 0 Å². The fourth-order valence-electron chi connectivity index (χ4n) is 3.96. The number of carbonyl (C=O) groups is 1. The molecule has 4 rings (SSSR count). The SMILES string of the molecule is Cc1cccc(CN2CCC(CNC(=O)Cc3noc4ccccc34)CC2)c1. The van der Waals surface area contributed by atoms with Gasteiger partial charge in [-0.1, -0.05) is 47.1 Å². The average Bonchev–Trinajstić information content (AvgIpc) is 3.10. The first-order valence-corrected chi connectivity index (χ1v) is 10.1. The maximum atomic E-state index is 12.3. The fraction of sp³-hybridized carbons (Fsp3) is 0.391. The van der Waals surface area contributed by atoms with Crippen molar-refractivity contribution in [2.24, 2.45) is 5.92 Å². The molecule has 3 aromatic rings. The number of rotatable bonds is 6. The molecule has 0 atom stereocenters. The molecule has 1 fully saturated rings. The predicted molar refractivity (Wildman–Crippen MR) is 110 cm³/mol. The molecule has 0 aliphatic carbocycles. The Kier molecular flexibility index (Phi) is 5.72. The van der Waals surface area contributed by atoms with E-state index in [0.29, 0.717) is 11.6 Å². The van der Waals surface area contributed by atoms with E-state index in [1.165, 1.54) is 11.1 Å². The molecule has 0 radical (unpaired) electrons. The molecule has 1 amide bonds. The molecule has 0 saturated carbocycles. The number of hydrogen-bond acceptors (Lipinski definition) is 4. The zero-order valence-electron chi connectivity index (χ0n) is 16.4. The quantitative estimate of drug-likeness (QED) is 0.711. The summed E-state index contributed by atoms with van der Waals surface area (Å²) >= 11 is 0. The summed E-state index contributed by atoms with van der Waals surface area (Å²) in [5.74, 6) is 0.563. The van der Waals surface area contributed by atoms with Crippen LogP contribution in [0.3, 0.4) is 0 Å². The molecule has 1 aliphatic heterocycles. The standard InChI is InChI=1S/C23H27N3O2/c1-17-5-4-6-19(13-17)16-26-11-9-18(10-12-26)15-24-23(27)14-21-20-7-2-3-8-22(20)28-25-21/h2-8,13,18H,9-12,14-16H2,1H3,(H,24,27). The molecular formula is C23H27N3O2. The zero-order chi connectivity index (χ0) is 19.3. The van der Waals surface area contributed by atoms with Crippen molar-refractivity contribution >= 4 is 16.9 Å². The number of aryl methyl sites for hydroxylation is 1. The number of nitrogens with zero attached hydrogens (tertiary/aromatic N) is 2. The summed E-state index contributed by atoms with van der Waals surface area (Å²) in [6, 6.07) is 16.4. The van der Waals surface area contributed by atoms with E-state index >= 15 is 0 Å². The van der Waals surface area contributed by atoms with E-state index in [2.05, 4.69) is 46.6 Å². The van der Waals surface area contributed by atoms with Crippen LogP contribution in [0.15, 0.2) is 53.1 Å². The van der Waals surface area contributed by atoms with Gasteiger partial charge in [0.05, 0.1) is 6.42 Å². The molecule has 2 heterocycles. The lowest BCUT2D eigenvalue weighted by molar-refractivity contribution is -0.120. The van der Waals surface area contributed by atoms with E-state index in [4.69, 9.17) is 4.52 Å². The van der Waals surface area contributed by atoms with Crippen LogP contribution < -0.4 is 5.32 Å². The second-order valence-electron chi connectivity index (χ2n) is 7.81. The molecule has 1 aliphatic rings. The highest BCUT2D eigenvalue weighted by atomic mass is 16.5. The number of benzene rings is 2. The van der Waals surface area contributed by atoms with Crippen LogP contribution in [0, 0.1) is 12.8 Å². The van der Waals surface area contributed by atoms with Gasteiger partial charge in [-0.3, -0.25) is 9.69 Å². The van der Waals surface area contributed by atoms with Crippen molar-refractivity contribution in [2.75, 3.05) is 19.6 Å². The van der Waals surface area contributed by atoms with E-state index < -0.39 is 0 Å². The van der Waals surface area contributed by atoms with Gasteiger partial charge in [0, 0.05) is 18.5 Å². The molecule has 5 heteroatoms. The van der Waals surface area contributed by atoms with Crippen molar-refractivity contribution < 1.29 is 9.32 Å². The number of fused-ring (bicyclic) bond motifs is 1. The highest BCUT2D eigenvalue weighted by Gasteiger charge is 2.20. The average molecular weight is 377 g/mol. The number of piperidine rings is 1. The van der Waals surface area contributed by atoms with Gasteiger partial charge in [-0.05, 0) is 56.5 Å². The topological polar surface area (TPSA) is 58.4 Å². The number of likely N-dealkylation sites (tertiary alicyclic amines) is 1. The monoisotopic (exact) mass is 377 g/mol. The van der Waals surface area contributed by atoms with Crippen molar-refractivity contribution in [3.05, 3.63) is 65.4 Å². The van der Waals surface area contributed by atoms with Gasteiger partial charge >= 0.3 is 0 Å². The third kappa shape index (κ3) is 4.60. The van der Waals surface area contributed by atoms with Crippen LogP contribution in [-0.2, 0) is 17.8 Å². The molecule has 1 saturated heterocycles. The number of amides is 1. The Morgan fingerprint density at radius 1 is 1.18 bits per heavy atom. The summed E-state index contributed by atoms with van der Waals surface area (Å²) < 4.78 is 5.28. The Labute approximate surface area is 165 Å². The van der Waals surface area contributed by atoms with Crippen molar-refractivity contribution in [1.29, 1.82) is 0 Å². The summed E-state index contributed by atoms with van der Waals surface area (Å²) in [5, 5.41) is 8.05. The summed E-state index contributed by atoms with van der Waals surface area (Å²) in [6.07, 6.45) is 2.52. The first-order valence-electron chi connectivity index (χ1n) is 10.1. The summed E-state index contributed by atoms with van der Waals surface area (Å²) in [7, 11) is 0. The summed E-state index contributed by atoms with van der Waals surface area (Å²) in [6.45, 7) is 6.07. The van der Waals surface area contributed by atoms with Crippen molar-refractivity contribution in [1.82, 2.24) is 15.4 Å². The maximum absolute atomic E-state index is 12.3. The van der Waals surface area contributed by atoms with E-state index in [1.807, 2.05) is 24.3 Å². The van der Waals surface area contributed by atoms with Gasteiger partial charge in [0.25, 0.3) is 0 Å². The lowest BCUT2D eigenvalue weighted by Crippen LogP contribution is -2.38. The number of hydrogen-bond donors (Lipinski definition) is 1. The van der Waals surface area contributed by atoms with Crippen LogP contribution >= 0.6 is 0 Å². The van der Waals surface area contributed by atoms with Gasteiger partial charge in [-0.2, -0.15) is 0 Å². The molecule has 0 spiro atoms. The minimum Gasteiger partial charge on any atom is -0.356 e. The number of para-hydroxylation sites is 1. The summed E-state index contributed by atoms with van der Waals surface area (Å²) in [5.41, 5.74) is 4.13. The Hall–Kier alpha value is -2.66. The lowest BCUT2D eigenvalue weighted by Gasteiger charge is -2.32. The van der Waals surface area contributed by atoms with Crippen molar-refractivity contribution in [3.8, 4) is 0 Å². The molecule has 2 aromatic carbocycles. The van der Waals surface area contributed by atoms with Gasteiger partial charge in [0.2, 0.25) is 5.91 Å². The molecule has 0 unspecified atom stereocenters. The van der Waals surface area contributed by atoms with E-state index in [9.17, 15) is 4.79 Å². The predicted octanol–water partition coefficient (Wildman–Crippen LogP) is 3.71. The molecule has 0 bridgehead atoms. The van der Waals surface area contributed by atoms with Gasteiger partial charge < -0.3 is 9.84 Å². The van der Waals surface area contributed by atoms with Crippen LogP contribution in [0.25, 0.3) is 11.0 Å². The molecule has 1 aromatic heterocycles. The minimum absolute atomic E-state index is 0.0150. The van der Waals surface area contributed by atoms with Gasteiger partial charge in [-0.15, -0.1) is 0 Å². The lowest BCUT2D eigenvalue weighted by atomic mass is 9.96. The second-order valence-corrected chi connectivity index (χ2v) is 7.81. The maximum Gasteiger partial charge on any atom is 0.226 e. The highest BCUT2D eigenvalue weighted by molar-refractivity contribution is 5.86. The van der Waals surface area contributed by atoms with Crippen LogP contribution in [0.2, 0.25) is 0 Å². The Bertz CT molecular complexity index is 942. The zero-order valence-corrected chi connectivity index (χ0v) is 16.4. The molecular weight excluding hydrogens is 350 g/mol. The molecule has 28 heavy (non-hydrogen) atoms. The highest BCUT2D eigenvalue weighted by Crippen LogP contribution is 2.20. The van der Waals surface area contributed by atoms with Gasteiger partial charge in [0.1, 0.15) is 5.69 Å². The largest absolute Gasteiger partial charge is 0.356 e. The van der Waals surface area contributed by atoms with E-state index in [-0.39, 0.29) is 12.3 Å². The number of nitrogens with one attached hydrogen (secondary N) is 1. The van der Waals surface area contributed by atoms with Gasteiger partial charge in [0.15, 0.2) is 5.58 Å². The van der Waals surface area contributed by atoms with Gasteiger partial charge in [-0.25, -0.2) is 0 Å². The normalized spacial score (nSPS) is 15.8. The molecule has 146 valence electrons. The number of carbonyl (C=O) groups excluding carboxylic acids is 1. The second kappa shape index (κ2) is 8.57. The van der Waals surface area contributed by atoms with E-state index in [0.717, 1.165) is 50.0 Å². The summed E-state index contributed by atoms with van der Waals surface area (Å²) in [4.78, 5) is 14.8. The fourth-order valence-corrected chi connectivity index (χ4v) is 3.96. The Morgan fingerprint density at radius 2 is 2.00 bits per heavy atom. The molecule has 5 nitrogen and oxygen atoms in total. The van der Waals surface area contributed by atoms with Crippen LogP contribution in [0.4, 0.5) is 0 Å². The Morgan fingerprint density at radius 3 is 2.82 bits per heavy atom. The smallest absolute Gasteiger partial charge is 0.226 e. The van der Waals surface area contributed by atoms with Crippen molar-refractivity contribution in [3.63, 3.8) is 0 Å².